The fraction of sp³-hybridized carbons (Fsp3) is 0.250. The summed E-state index contributed by atoms with van der Waals surface area (Å²) in [5.41, 5.74) is 7.40. The zero-order valence-electron chi connectivity index (χ0n) is 20.1. The van der Waals surface area contributed by atoms with E-state index in [1.54, 1.807) is 74.5 Å². The largest absolute Gasteiger partial charge is 0.508 e. The average Bonchev–Trinajstić information content (AvgIpc) is 2.83. The Kier molecular flexibility index (Phi) is 8.09. The van der Waals surface area contributed by atoms with Crippen molar-refractivity contribution in [2.75, 3.05) is 0 Å². The standard InChI is InChI=1S/C28H29FN2O5/c1-28(2,17-18-3-11-22(29)12-4-18)31(24(26(30)35)15-16-25(33)34)27(36)21-7-5-19(6-8-21)20-9-13-23(32)14-10-20/h3-14,24,32H,15-17H2,1-2H3,(H2,30,35)(H,33,34)/t24-/m0/s1. The molecule has 0 aliphatic carbocycles. The first-order valence-corrected chi connectivity index (χ1v) is 11.5. The van der Waals surface area contributed by atoms with Crippen molar-refractivity contribution in [1.29, 1.82) is 0 Å². The van der Waals surface area contributed by atoms with Crippen LogP contribution in [0.5, 0.6) is 5.75 Å². The third-order valence-electron chi connectivity index (χ3n) is 6.03. The molecular formula is C28H29FN2O5. The van der Waals surface area contributed by atoms with E-state index in [-0.39, 0.29) is 25.0 Å². The first kappa shape index (κ1) is 26.4. The number of phenols is 1. The molecule has 0 fully saturated rings. The Morgan fingerprint density at radius 3 is 1.94 bits per heavy atom. The predicted octanol–water partition coefficient (Wildman–Crippen LogP) is 4.38. The van der Waals surface area contributed by atoms with Crippen molar-refractivity contribution in [2.45, 2.75) is 44.7 Å². The fourth-order valence-corrected chi connectivity index (χ4v) is 4.28. The number of carboxylic acid groups (broad SMARTS) is 1. The normalized spacial score (nSPS) is 12.1. The number of carbonyl (C=O) groups is 3. The van der Waals surface area contributed by atoms with E-state index in [1.165, 1.54) is 17.0 Å². The number of carbonyl (C=O) groups excluding carboxylic acids is 2. The number of hydrogen-bond acceptors (Lipinski definition) is 4. The van der Waals surface area contributed by atoms with Gasteiger partial charge in [-0.3, -0.25) is 14.4 Å². The molecule has 3 aromatic rings. The zero-order chi connectivity index (χ0) is 26.5. The Bertz CT molecular complexity index is 1220. The highest BCUT2D eigenvalue weighted by molar-refractivity contribution is 5.98. The second kappa shape index (κ2) is 11.0. The van der Waals surface area contributed by atoms with Gasteiger partial charge in [-0.05, 0) is 79.8 Å². The molecule has 0 aromatic heterocycles. The molecule has 0 unspecified atom stereocenters. The van der Waals surface area contributed by atoms with Crippen molar-refractivity contribution in [2.24, 2.45) is 5.73 Å². The number of nitrogens with two attached hydrogens (primary N) is 1. The number of aromatic hydroxyl groups is 1. The number of halogens is 1. The highest BCUT2D eigenvalue weighted by atomic mass is 19.1. The number of primary amides is 1. The quantitative estimate of drug-likeness (QED) is 0.388. The molecule has 8 heteroatoms. The van der Waals surface area contributed by atoms with Crippen LogP contribution in [0, 0.1) is 5.82 Å². The van der Waals surface area contributed by atoms with Crippen LogP contribution in [0.15, 0.2) is 72.8 Å². The maximum atomic E-state index is 13.8. The molecule has 3 aromatic carbocycles. The van der Waals surface area contributed by atoms with Crippen molar-refractivity contribution in [3.8, 4) is 16.9 Å². The minimum absolute atomic E-state index is 0.142. The van der Waals surface area contributed by atoms with Crippen LogP contribution in [0.4, 0.5) is 4.39 Å². The molecule has 1 atom stereocenters. The molecule has 4 N–H and O–H groups in total. The van der Waals surface area contributed by atoms with Crippen LogP contribution in [-0.4, -0.2) is 44.5 Å². The Labute approximate surface area is 209 Å². The van der Waals surface area contributed by atoms with Crippen LogP contribution in [0.25, 0.3) is 11.1 Å². The van der Waals surface area contributed by atoms with E-state index in [1.807, 2.05) is 0 Å². The SMILES string of the molecule is CC(C)(Cc1ccc(F)cc1)N(C(=O)c1ccc(-c2ccc(O)cc2)cc1)[C@@H](CCC(=O)O)C(N)=O. The van der Waals surface area contributed by atoms with Gasteiger partial charge in [0.1, 0.15) is 17.6 Å². The van der Waals surface area contributed by atoms with Crippen molar-refractivity contribution in [3.05, 3.63) is 89.7 Å². The lowest BCUT2D eigenvalue weighted by Crippen LogP contribution is -2.58. The number of amides is 2. The van der Waals surface area contributed by atoms with Crippen LogP contribution in [0.2, 0.25) is 0 Å². The first-order chi connectivity index (χ1) is 17.0. The summed E-state index contributed by atoms with van der Waals surface area (Å²) in [5, 5.41) is 18.7. The second-order valence-corrected chi connectivity index (χ2v) is 9.27. The molecule has 0 saturated heterocycles. The monoisotopic (exact) mass is 492 g/mol. The second-order valence-electron chi connectivity index (χ2n) is 9.27. The number of benzene rings is 3. The number of rotatable bonds is 10. The molecule has 7 nitrogen and oxygen atoms in total. The van der Waals surface area contributed by atoms with Gasteiger partial charge in [-0.25, -0.2) is 4.39 Å². The fourth-order valence-electron chi connectivity index (χ4n) is 4.28. The lowest BCUT2D eigenvalue weighted by molar-refractivity contribution is -0.137. The summed E-state index contributed by atoms with van der Waals surface area (Å²) in [6, 6.07) is 18.0. The Balaban J connectivity index is 1.98. The zero-order valence-corrected chi connectivity index (χ0v) is 20.1. The topological polar surface area (TPSA) is 121 Å². The highest BCUT2D eigenvalue weighted by Gasteiger charge is 2.39. The van der Waals surface area contributed by atoms with E-state index in [0.717, 1.165) is 16.7 Å². The number of phenolic OH excluding ortho intramolecular Hbond substituents is 1. The van der Waals surface area contributed by atoms with Crippen molar-refractivity contribution in [1.82, 2.24) is 4.90 Å². The smallest absolute Gasteiger partial charge is 0.303 e. The number of aliphatic carboxylic acids is 1. The molecule has 3 rings (SSSR count). The Hall–Kier alpha value is -4.20. The molecule has 188 valence electrons. The van der Waals surface area contributed by atoms with Crippen LogP contribution < -0.4 is 5.73 Å². The van der Waals surface area contributed by atoms with E-state index in [2.05, 4.69) is 0 Å². The molecule has 2 amide bonds. The summed E-state index contributed by atoms with van der Waals surface area (Å²) in [7, 11) is 0. The van der Waals surface area contributed by atoms with Crippen LogP contribution in [0.3, 0.4) is 0 Å². The first-order valence-electron chi connectivity index (χ1n) is 11.5. The van der Waals surface area contributed by atoms with Gasteiger partial charge in [0.2, 0.25) is 5.91 Å². The maximum Gasteiger partial charge on any atom is 0.303 e. The summed E-state index contributed by atoms with van der Waals surface area (Å²) in [5.74, 6) is -2.65. The lowest BCUT2D eigenvalue weighted by Gasteiger charge is -2.43. The molecule has 36 heavy (non-hydrogen) atoms. The Morgan fingerprint density at radius 2 is 1.44 bits per heavy atom. The van der Waals surface area contributed by atoms with Gasteiger partial charge in [-0.1, -0.05) is 36.4 Å². The molecule has 0 aliphatic rings. The summed E-state index contributed by atoms with van der Waals surface area (Å²) in [4.78, 5) is 38.9. The lowest BCUT2D eigenvalue weighted by atomic mass is 9.89. The van der Waals surface area contributed by atoms with Crippen LogP contribution in [0.1, 0.15) is 42.6 Å². The van der Waals surface area contributed by atoms with E-state index >= 15 is 0 Å². The van der Waals surface area contributed by atoms with Crippen molar-refractivity contribution >= 4 is 17.8 Å². The number of nitrogens with zero attached hydrogens (tertiary/aromatic N) is 1. The van der Waals surface area contributed by atoms with Gasteiger partial charge in [-0.2, -0.15) is 0 Å². The molecule has 0 bridgehead atoms. The maximum absolute atomic E-state index is 13.8. The van der Waals surface area contributed by atoms with Gasteiger partial charge >= 0.3 is 5.97 Å². The number of carboxylic acids is 1. The van der Waals surface area contributed by atoms with Crippen molar-refractivity contribution < 1.29 is 29.0 Å². The van der Waals surface area contributed by atoms with Gasteiger partial charge < -0.3 is 20.8 Å². The summed E-state index contributed by atoms with van der Waals surface area (Å²) in [6.07, 6.45) is -0.208. The van der Waals surface area contributed by atoms with Crippen LogP contribution in [-0.2, 0) is 16.0 Å². The molecule has 0 radical (unpaired) electrons. The molecule has 0 aliphatic heterocycles. The molecule has 0 heterocycles. The van der Waals surface area contributed by atoms with Gasteiger partial charge in [0, 0.05) is 17.5 Å². The summed E-state index contributed by atoms with van der Waals surface area (Å²) < 4.78 is 13.4. The summed E-state index contributed by atoms with van der Waals surface area (Å²) in [6.45, 7) is 3.52. The predicted molar refractivity (Wildman–Crippen MR) is 134 cm³/mol. The minimum Gasteiger partial charge on any atom is -0.508 e. The van der Waals surface area contributed by atoms with E-state index in [4.69, 9.17) is 5.73 Å². The van der Waals surface area contributed by atoms with E-state index in [9.17, 15) is 29.0 Å². The molecule has 0 saturated carbocycles. The van der Waals surface area contributed by atoms with E-state index < -0.39 is 35.2 Å². The molecular weight excluding hydrogens is 463 g/mol. The molecule has 0 spiro atoms. The summed E-state index contributed by atoms with van der Waals surface area (Å²) >= 11 is 0. The minimum atomic E-state index is -1.17. The third-order valence-corrected chi connectivity index (χ3v) is 6.03. The highest BCUT2D eigenvalue weighted by Crippen LogP contribution is 2.29. The third kappa shape index (κ3) is 6.47. The number of hydrogen-bond donors (Lipinski definition) is 3. The van der Waals surface area contributed by atoms with Gasteiger partial charge in [-0.15, -0.1) is 0 Å². The van der Waals surface area contributed by atoms with E-state index in [0.29, 0.717) is 5.56 Å². The average molecular weight is 493 g/mol. The van der Waals surface area contributed by atoms with Gasteiger partial charge in [0.25, 0.3) is 5.91 Å². The van der Waals surface area contributed by atoms with Gasteiger partial charge in [0.15, 0.2) is 0 Å². The Morgan fingerprint density at radius 1 is 0.917 bits per heavy atom. The van der Waals surface area contributed by atoms with Crippen molar-refractivity contribution in [3.63, 3.8) is 0 Å². The van der Waals surface area contributed by atoms with Crippen LogP contribution >= 0.6 is 0 Å². The van der Waals surface area contributed by atoms with Gasteiger partial charge in [0.05, 0.1) is 0 Å².